The molecule has 33 heavy (non-hydrogen) atoms. The Labute approximate surface area is 196 Å². The van der Waals surface area contributed by atoms with E-state index in [4.69, 9.17) is 0 Å². The van der Waals surface area contributed by atoms with Crippen molar-refractivity contribution in [1.29, 1.82) is 0 Å². The number of amides is 2. The van der Waals surface area contributed by atoms with E-state index in [9.17, 15) is 9.59 Å². The van der Waals surface area contributed by atoms with E-state index in [1.165, 1.54) is 5.56 Å². The highest BCUT2D eigenvalue weighted by Gasteiger charge is 2.28. The summed E-state index contributed by atoms with van der Waals surface area (Å²) >= 11 is 0. The standard InChI is InChI=1S/C28H31N3O2/c1-4-30(3)25-14-9-19-31(26-13-8-7-12-24(25)26)28(33)21-15-17-22(18-16-21)29-27(32)23-11-6-5-10-20(23)2/h5-8,10-13,15-18,25H,4,9,14,19H2,1-3H3,(H,29,32). The van der Waals surface area contributed by atoms with Gasteiger partial charge in [-0.3, -0.25) is 14.5 Å². The summed E-state index contributed by atoms with van der Waals surface area (Å²) in [6, 6.07) is 23.2. The number of hydrogen-bond donors (Lipinski definition) is 1. The van der Waals surface area contributed by atoms with E-state index in [0.29, 0.717) is 29.4 Å². The molecule has 0 aromatic heterocycles. The smallest absolute Gasteiger partial charge is 0.258 e. The van der Waals surface area contributed by atoms with E-state index in [-0.39, 0.29) is 11.8 Å². The van der Waals surface area contributed by atoms with Crippen molar-refractivity contribution in [2.24, 2.45) is 0 Å². The number of hydrogen-bond acceptors (Lipinski definition) is 3. The zero-order chi connectivity index (χ0) is 23.4. The van der Waals surface area contributed by atoms with Crippen molar-refractivity contribution in [3.05, 3.63) is 95.1 Å². The fourth-order valence-electron chi connectivity index (χ4n) is 4.50. The van der Waals surface area contributed by atoms with Crippen molar-refractivity contribution in [1.82, 2.24) is 4.90 Å². The van der Waals surface area contributed by atoms with Gasteiger partial charge in [0.2, 0.25) is 0 Å². The lowest BCUT2D eigenvalue weighted by Gasteiger charge is -2.28. The van der Waals surface area contributed by atoms with Gasteiger partial charge in [-0.15, -0.1) is 0 Å². The van der Waals surface area contributed by atoms with Crippen LogP contribution in [0.4, 0.5) is 11.4 Å². The predicted octanol–water partition coefficient (Wildman–Crippen LogP) is 5.68. The summed E-state index contributed by atoms with van der Waals surface area (Å²) in [5.74, 6) is -0.168. The van der Waals surface area contributed by atoms with Gasteiger partial charge in [-0.25, -0.2) is 0 Å². The number of aryl methyl sites for hydroxylation is 1. The minimum Gasteiger partial charge on any atom is -0.322 e. The van der Waals surface area contributed by atoms with Gasteiger partial charge in [-0.2, -0.15) is 0 Å². The molecule has 0 saturated carbocycles. The first-order valence-corrected chi connectivity index (χ1v) is 11.6. The van der Waals surface area contributed by atoms with Gasteiger partial charge < -0.3 is 10.2 Å². The van der Waals surface area contributed by atoms with Gasteiger partial charge in [-0.1, -0.05) is 43.3 Å². The summed E-state index contributed by atoms with van der Waals surface area (Å²) in [5, 5.41) is 2.93. The molecule has 2 amide bonds. The number of benzene rings is 3. The van der Waals surface area contributed by atoms with Crippen LogP contribution < -0.4 is 10.2 Å². The first kappa shape index (κ1) is 22.7. The molecule has 1 aliphatic heterocycles. The molecule has 0 bridgehead atoms. The molecule has 0 fully saturated rings. The van der Waals surface area contributed by atoms with E-state index < -0.39 is 0 Å². The van der Waals surface area contributed by atoms with Crippen molar-refractivity contribution in [3.63, 3.8) is 0 Å². The van der Waals surface area contributed by atoms with Crippen LogP contribution in [0.3, 0.4) is 0 Å². The van der Waals surface area contributed by atoms with Gasteiger partial charge in [0.25, 0.3) is 11.8 Å². The van der Waals surface area contributed by atoms with Crippen molar-refractivity contribution in [2.75, 3.05) is 30.4 Å². The van der Waals surface area contributed by atoms with Gasteiger partial charge in [-0.05, 0) is 80.9 Å². The molecule has 170 valence electrons. The third-order valence-electron chi connectivity index (χ3n) is 6.50. The lowest BCUT2D eigenvalue weighted by atomic mass is 10.0. The van der Waals surface area contributed by atoms with Crippen LogP contribution in [0.2, 0.25) is 0 Å². The molecule has 5 nitrogen and oxygen atoms in total. The highest BCUT2D eigenvalue weighted by molar-refractivity contribution is 6.08. The lowest BCUT2D eigenvalue weighted by Crippen LogP contribution is -2.32. The predicted molar refractivity (Wildman–Crippen MR) is 134 cm³/mol. The van der Waals surface area contributed by atoms with Gasteiger partial charge in [0.1, 0.15) is 0 Å². The highest BCUT2D eigenvalue weighted by Crippen LogP contribution is 2.36. The number of para-hydroxylation sites is 1. The first-order chi connectivity index (χ1) is 16.0. The number of nitrogens with zero attached hydrogens (tertiary/aromatic N) is 2. The largest absolute Gasteiger partial charge is 0.322 e. The van der Waals surface area contributed by atoms with Gasteiger partial charge in [0, 0.05) is 35.1 Å². The van der Waals surface area contributed by atoms with Crippen LogP contribution in [0.5, 0.6) is 0 Å². The molecule has 1 N–H and O–H groups in total. The van der Waals surface area contributed by atoms with E-state index >= 15 is 0 Å². The van der Waals surface area contributed by atoms with Crippen molar-refractivity contribution >= 4 is 23.2 Å². The Morgan fingerprint density at radius 1 is 1.00 bits per heavy atom. The number of carbonyl (C=O) groups excluding carboxylic acids is 2. The van der Waals surface area contributed by atoms with Crippen LogP contribution in [0, 0.1) is 6.92 Å². The number of fused-ring (bicyclic) bond motifs is 1. The Hall–Kier alpha value is -3.44. The second-order valence-corrected chi connectivity index (χ2v) is 8.59. The molecule has 1 heterocycles. The van der Waals surface area contributed by atoms with Crippen LogP contribution >= 0.6 is 0 Å². The van der Waals surface area contributed by atoms with E-state index in [1.807, 2.05) is 48.2 Å². The van der Waals surface area contributed by atoms with E-state index in [0.717, 1.165) is 30.6 Å². The molecule has 1 atom stereocenters. The Balaban J connectivity index is 1.54. The zero-order valence-electron chi connectivity index (χ0n) is 19.5. The van der Waals surface area contributed by atoms with Crippen molar-refractivity contribution in [3.8, 4) is 0 Å². The third-order valence-corrected chi connectivity index (χ3v) is 6.50. The summed E-state index contributed by atoms with van der Waals surface area (Å²) < 4.78 is 0. The summed E-state index contributed by atoms with van der Waals surface area (Å²) in [4.78, 5) is 30.3. The van der Waals surface area contributed by atoms with Gasteiger partial charge in [0.05, 0.1) is 0 Å². The molecule has 1 aliphatic rings. The van der Waals surface area contributed by atoms with Gasteiger partial charge >= 0.3 is 0 Å². The number of rotatable bonds is 5. The summed E-state index contributed by atoms with van der Waals surface area (Å²) in [6.45, 7) is 5.73. The number of carbonyl (C=O) groups is 2. The second-order valence-electron chi connectivity index (χ2n) is 8.59. The van der Waals surface area contributed by atoms with Crippen LogP contribution in [0.15, 0.2) is 72.8 Å². The Kier molecular flexibility index (Phi) is 6.90. The molecule has 1 unspecified atom stereocenters. The molecule has 3 aromatic carbocycles. The lowest BCUT2D eigenvalue weighted by molar-refractivity contribution is 0.0985. The van der Waals surface area contributed by atoms with Crippen LogP contribution in [-0.4, -0.2) is 36.9 Å². The molecule has 0 aliphatic carbocycles. The fraction of sp³-hybridized carbons (Fsp3) is 0.286. The first-order valence-electron chi connectivity index (χ1n) is 11.6. The SMILES string of the molecule is CCN(C)C1CCCN(C(=O)c2ccc(NC(=O)c3ccccc3C)cc2)c2ccccc21. The topological polar surface area (TPSA) is 52.6 Å². The van der Waals surface area contributed by atoms with Crippen LogP contribution in [0.25, 0.3) is 0 Å². The molecule has 0 spiro atoms. The molecule has 0 radical (unpaired) electrons. The van der Waals surface area contributed by atoms with Gasteiger partial charge in [0.15, 0.2) is 0 Å². The average molecular weight is 442 g/mol. The molecule has 4 rings (SSSR count). The quantitative estimate of drug-likeness (QED) is 0.554. The van der Waals surface area contributed by atoms with E-state index in [1.54, 1.807) is 24.3 Å². The Morgan fingerprint density at radius 3 is 2.42 bits per heavy atom. The normalized spacial score (nSPS) is 15.6. The van der Waals surface area contributed by atoms with Crippen molar-refractivity contribution in [2.45, 2.75) is 32.7 Å². The zero-order valence-corrected chi connectivity index (χ0v) is 19.5. The molecular formula is C28H31N3O2. The molecule has 5 heteroatoms. The average Bonchev–Trinajstić information content (AvgIpc) is 3.03. The maximum atomic E-state index is 13.5. The monoisotopic (exact) mass is 441 g/mol. The summed E-state index contributed by atoms with van der Waals surface area (Å²) in [5.41, 5.74) is 5.04. The highest BCUT2D eigenvalue weighted by atomic mass is 16.2. The maximum Gasteiger partial charge on any atom is 0.258 e. The fourth-order valence-corrected chi connectivity index (χ4v) is 4.50. The van der Waals surface area contributed by atoms with Crippen LogP contribution in [0.1, 0.15) is 57.7 Å². The Bertz CT molecular complexity index is 1140. The van der Waals surface area contributed by atoms with E-state index in [2.05, 4.69) is 36.3 Å². The summed E-state index contributed by atoms with van der Waals surface area (Å²) in [6.07, 6.45) is 1.97. The Morgan fingerprint density at radius 2 is 1.70 bits per heavy atom. The number of anilines is 2. The van der Waals surface area contributed by atoms with Crippen molar-refractivity contribution < 1.29 is 9.59 Å². The molecular weight excluding hydrogens is 410 g/mol. The third kappa shape index (κ3) is 4.83. The van der Waals surface area contributed by atoms with Crippen LogP contribution in [-0.2, 0) is 0 Å². The minimum absolute atomic E-state index is 0.0148. The maximum absolute atomic E-state index is 13.5. The second kappa shape index (κ2) is 10.0. The molecule has 0 saturated heterocycles. The summed E-state index contributed by atoms with van der Waals surface area (Å²) in [7, 11) is 2.14. The molecule has 3 aromatic rings. The minimum atomic E-state index is -0.153. The number of nitrogens with one attached hydrogen (secondary N) is 1.